The van der Waals surface area contributed by atoms with Crippen molar-refractivity contribution in [3.8, 4) is 0 Å². The third kappa shape index (κ3) is 3.49. The standard InChI is InChI=1S/C21H23ClN8O/c1-12-8-30-11-17(25-19(22)20(30)24-12)26-21(31)14-4-5-16(15-10-28(3)27-18(14)15)29-7-6-13(9-29)23-2/h4-5,8,10-11,13,23H,6-7,9H2,1-3H3,(H,26,31)/t13-/m0/s1. The molecule has 160 valence electrons. The van der Waals surface area contributed by atoms with Crippen LogP contribution in [0.4, 0.5) is 11.5 Å². The van der Waals surface area contributed by atoms with Gasteiger partial charge < -0.3 is 19.9 Å². The van der Waals surface area contributed by atoms with E-state index in [0.29, 0.717) is 28.6 Å². The molecule has 2 N–H and O–H groups in total. The molecule has 0 saturated carbocycles. The average molecular weight is 439 g/mol. The molecule has 1 fully saturated rings. The number of amides is 1. The van der Waals surface area contributed by atoms with Gasteiger partial charge in [-0.1, -0.05) is 11.6 Å². The van der Waals surface area contributed by atoms with E-state index in [1.807, 2.05) is 45.5 Å². The van der Waals surface area contributed by atoms with Crippen LogP contribution >= 0.6 is 11.6 Å². The van der Waals surface area contributed by atoms with Gasteiger partial charge in [0.05, 0.1) is 17.5 Å². The van der Waals surface area contributed by atoms with Gasteiger partial charge in [-0.15, -0.1) is 0 Å². The highest BCUT2D eigenvalue weighted by Gasteiger charge is 2.25. The number of aryl methyl sites for hydroxylation is 2. The van der Waals surface area contributed by atoms with Gasteiger partial charge in [-0.25, -0.2) is 9.97 Å². The summed E-state index contributed by atoms with van der Waals surface area (Å²) in [7, 11) is 3.85. The van der Waals surface area contributed by atoms with Crippen molar-refractivity contribution in [3.63, 3.8) is 0 Å². The van der Waals surface area contributed by atoms with E-state index in [0.717, 1.165) is 36.3 Å². The maximum Gasteiger partial charge on any atom is 0.259 e. The molecule has 5 rings (SSSR count). The normalized spacial score (nSPS) is 16.5. The number of aromatic nitrogens is 5. The molecular weight excluding hydrogens is 416 g/mol. The number of fused-ring (bicyclic) bond motifs is 2. The lowest BCUT2D eigenvalue weighted by Crippen LogP contribution is -2.29. The molecule has 1 aromatic carbocycles. The minimum Gasteiger partial charge on any atom is -0.369 e. The van der Waals surface area contributed by atoms with Crippen molar-refractivity contribution < 1.29 is 4.79 Å². The van der Waals surface area contributed by atoms with Crippen molar-refractivity contribution in [2.75, 3.05) is 30.4 Å². The van der Waals surface area contributed by atoms with E-state index in [-0.39, 0.29) is 11.1 Å². The number of imidazole rings is 1. The number of hydrogen-bond donors (Lipinski definition) is 2. The Hall–Kier alpha value is -3.17. The van der Waals surface area contributed by atoms with Gasteiger partial charge in [0.15, 0.2) is 16.6 Å². The summed E-state index contributed by atoms with van der Waals surface area (Å²) in [5, 5.41) is 12.0. The van der Waals surface area contributed by atoms with Crippen LogP contribution in [0.15, 0.2) is 30.7 Å². The van der Waals surface area contributed by atoms with Crippen LogP contribution in [-0.2, 0) is 7.05 Å². The molecule has 31 heavy (non-hydrogen) atoms. The summed E-state index contributed by atoms with van der Waals surface area (Å²) in [6.45, 7) is 3.77. The summed E-state index contributed by atoms with van der Waals surface area (Å²) in [6, 6.07) is 4.29. The van der Waals surface area contributed by atoms with Crippen LogP contribution in [0, 0.1) is 6.92 Å². The fraction of sp³-hybridized carbons (Fsp3) is 0.333. The molecule has 0 aliphatic carbocycles. The molecule has 0 unspecified atom stereocenters. The summed E-state index contributed by atoms with van der Waals surface area (Å²) < 4.78 is 3.50. The quantitative estimate of drug-likeness (QED) is 0.509. The van der Waals surface area contributed by atoms with E-state index in [9.17, 15) is 4.79 Å². The Balaban J connectivity index is 1.49. The van der Waals surface area contributed by atoms with Crippen molar-refractivity contribution in [2.45, 2.75) is 19.4 Å². The second-order valence-corrected chi connectivity index (χ2v) is 8.26. The van der Waals surface area contributed by atoms with Gasteiger partial charge in [-0.2, -0.15) is 5.10 Å². The van der Waals surface area contributed by atoms with E-state index in [2.05, 4.69) is 30.6 Å². The van der Waals surface area contributed by atoms with Gasteiger partial charge >= 0.3 is 0 Å². The van der Waals surface area contributed by atoms with E-state index in [1.165, 1.54) is 0 Å². The summed E-state index contributed by atoms with van der Waals surface area (Å²) >= 11 is 6.25. The van der Waals surface area contributed by atoms with E-state index in [4.69, 9.17) is 11.6 Å². The Bertz CT molecular complexity index is 1310. The fourth-order valence-electron chi connectivity index (χ4n) is 4.21. The van der Waals surface area contributed by atoms with Crippen LogP contribution < -0.4 is 15.5 Å². The van der Waals surface area contributed by atoms with Crippen molar-refractivity contribution in [3.05, 3.63) is 47.1 Å². The molecule has 1 saturated heterocycles. The Morgan fingerprint density at radius 2 is 2.06 bits per heavy atom. The topological polar surface area (TPSA) is 92.4 Å². The zero-order valence-corrected chi connectivity index (χ0v) is 18.3. The maximum absolute atomic E-state index is 13.1. The highest BCUT2D eigenvalue weighted by Crippen LogP contribution is 2.31. The Labute approximate surface area is 184 Å². The number of carbonyl (C=O) groups excluding carboxylic acids is 1. The molecule has 0 radical (unpaired) electrons. The second kappa shape index (κ2) is 7.51. The number of likely N-dealkylation sites (N-methyl/N-ethyl adjacent to an activating group) is 1. The molecule has 10 heteroatoms. The summed E-state index contributed by atoms with van der Waals surface area (Å²) in [6.07, 6.45) is 6.58. The minimum absolute atomic E-state index is 0.234. The highest BCUT2D eigenvalue weighted by atomic mass is 35.5. The predicted molar refractivity (Wildman–Crippen MR) is 121 cm³/mol. The number of rotatable bonds is 4. The summed E-state index contributed by atoms with van der Waals surface area (Å²) in [5.74, 6) is 0.0639. The maximum atomic E-state index is 13.1. The first-order valence-electron chi connectivity index (χ1n) is 10.1. The Kier molecular flexibility index (Phi) is 4.79. The van der Waals surface area contributed by atoms with Crippen LogP contribution in [0.1, 0.15) is 22.5 Å². The average Bonchev–Trinajstić information content (AvgIpc) is 3.44. The molecule has 1 aliphatic rings. The molecule has 0 spiro atoms. The lowest BCUT2D eigenvalue weighted by Gasteiger charge is -2.20. The van der Waals surface area contributed by atoms with Crippen LogP contribution in [0.5, 0.6) is 0 Å². The molecule has 0 bridgehead atoms. The molecule has 4 aromatic rings. The van der Waals surface area contributed by atoms with Crippen LogP contribution in [0.25, 0.3) is 16.6 Å². The number of carbonyl (C=O) groups is 1. The zero-order chi connectivity index (χ0) is 21.7. The molecule has 4 heterocycles. The number of nitrogens with zero attached hydrogens (tertiary/aromatic N) is 6. The van der Waals surface area contributed by atoms with Gasteiger partial charge in [0, 0.05) is 49.6 Å². The van der Waals surface area contributed by atoms with Crippen molar-refractivity contribution in [2.24, 2.45) is 7.05 Å². The lowest BCUT2D eigenvalue weighted by atomic mass is 10.1. The van der Waals surface area contributed by atoms with E-state index < -0.39 is 0 Å². The van der Waals surface area contributed by atoms with Crippen molar-refractivity contribution in [1.82, 2.24) is 29.5 Å². The molecule has 1 amide bonds. The molecule has 1 atom stereocenters. The Morgan fingerprint density at radius 1 is 1.23 bits per heavy atom. The molecule has 1 aliphatic heterocycles. The van der Waals surface area contributed by atoms with Crippen LogP contribution in [0.3, 0.4) is 0 Å². The smallest absolute Gasteiger partial charge is 0.259 e. The van der Waals surface area contributed by atoms with Gasteiger partial charge in [0.1, 0.15) is 5.52 Å². The molecular formula is C21H23ClN8O. The molecule has 9 nitrogen and oxygen atoms in total. The van der Waals surface area contributed by atoms with E-state index in [1.54, 1.807) is 15.3 Å². The zero-order valence-electron chi connectivity index (χ0n) is 17.6. The second-order valence-electron chi connectivity index (χ2n) is 7.90. The third-order valence-corrected chi connectivity index (χ3v) is 5.96. The largest absolute Gasteiger partial charge is 0.369 e. The number of halogens is 1. The number of benzene rings is 1. The third-order valence-electron chi connectivity index (χ3n) is 5.71. The fourth-order valence-corrected chi connectivity index (χ4v) is 4.44. The van der Waals surface area contributed by atoms with Crippen molar-refractivity contribution >= 4 is 45.6 Å². The summed E-state index contributed by atoms with van der Waals surface area (Å²) in [4.78, 5) is 24.1. The van der Waals surface area contributed by atoms with Crippen LogP contribution in [-0.4, -0.2) is 56.2 Å². The van der Waals surface area contributed by atoms with Crippen LogP contribution in [0.2, 0.25) is 5.15 Å². The summed E-state index contributed by atoms with van der Waals surface area (Å²) in [5.41, 5.74) is 3.62. The first-order chi connectivity index (χ1) is 14.9. The van der Waals surface area contributed by atoms with E-state index >= 15 is 0 Å². The van der Waals surface area contributed by atoms with Gasteiger partial charge in [-0.3, -0.25) is 9.48 Å². The Morgan fingerprint density at radius 3 is 2.84 bits per heavy atom. The number of anilines is 2. The molecule has 3 aromatic heterocycles. The van der Waals surface area contributed by atoms with Gasteiger partial charge in [0.25, 0.3) is 5.91 Å². The van der Waals surface area contributed by atoms with Crippen molar-refractivity contribution in [1.29, 1.82) is 0 Å². The first kappa shape index (κ1) is 19.8. The van der Waals surface area contributed by atoms with Gasteiger partial charge in [-0.05, 0) is 32.5 Å². The SMILES string of the molecule is CN[C@H]1CCN(c2ccc(C(=O)Nc3cn4cc(C)nc4c(Cl)n3)c3nn(C)cc23)C1. The van der Waals surface area contributed by atoms with Gasteiger partial charge in [0.2, 0.25) is 0 Å². The highest BCUT2D eigenvalue weighted by molar-refractivity contribution is 6.32. The number of nitrogens with one attached hydrogen (secondary N) is 2. The monoisotopic (exact) mass is 438 g/mol. The lowest BCUT2D eigenvalue weighted by molar-refractivity contribution is 0.102. The number of hydrogen-bond acceptors (Lipinski definition) is 6. The first-order valence-corrected chi connectivity index (χ1v) is 10.5. The predicted octanol–water partition coefficient (Wildman–Crippen LogP) is 2.63. The minimum atomic E-state index is -0.287.